The summed E-state index contributed by atoms with van der Waals surface area (Å²) in [5.41, 5.74) is 1.57. The van der Waals surface area contributed by atoms with Gasteiger partial charge in [0.15, 0.2) is 0 Å². The Balaban J connectivity index is 2.07. The molecule has 1 saturated carbocycles. The van der Waals surface area contributed by atoms with Gasteiger partial charge in [0.1, 0.15) is 5.82 Å². The van der Waals surface area contributed by atoms with Crippen molar-refractivity contribution >= 4 is 11.4 Å². The molecule has 0 saturated heterocycles. The largest absolute Gasteiger partial charge is 0.382 e. The molecule has 0 amide bonds. The van der Waals surface area contributed by atoms with Crippen molar-refractivity contribution < 1.29 is 4.39 Å². The first-order chi connectivity index (χ1) is 9.88. The van der Waals surface area contributed by atoms with Crippen LogP contribution < -0.4 is 10.2 Å². The molecule has 0 aromatic heterocycles. The Morgan fingerprint density at radius 1 is 1.24 bits per heavy atom. The van der Waals surface area contributed by atoms with Crippen LogP contribution in [0.15, 0.2) is 18.2 Å². The van der Waals surface area contributed by atoms with Crippen LogP contribution in [0.2, 0.25) is 0 Å². The topological polar surface area (TPSA) is 15.3 Å². The van der Waals surface area contributed by atoms with E-state index in [1.165, 1.54) is 19.3 Å². The maximum atomic E-state index is 14.3. The molecule has 0 bridgehead atoms. The third kappa shape index (κ3) is 3.90. The standard InChI is InChI=1S/C18H29FN2/c1-12(2)21(5)18-9-7-15(11-16(18)19)20-17-8-6-13(3)10-14(17)4/h7,9,11-14,17,20H,6,8,10H2,1-5H3. The molecule has 0 radical (unpaired) electrons. The first-order valence-electron chi connectivity index (χ1n) is 8.17. The van der Waals surface area contributed by atoms with E-state index in [2.05, 4.69) is 33.0 Å². The lowest BCUT2D eigenvalue weighted by Gasteiger charge is -2.34. The highest BCUT2D eigenvalue weighted by atomic mass is 19.1. The van der Waals surface area contributed by atoms with Crippen molar-refractivity contribution in [2.75, 3.05) is 17.3 Å². The summed E-state index contributed by atoms with van der Waals surface area (Å²) in [5.74, 6) is 1.32. The fraction of sp³-hybridized carbons (Fsp3) is 0.667. The number of anilines is 2. The fourth-order valence-corrected chi connectivity index (χ4v) is 3.25. The second-order valence-corrected chi connectivity index (χ2v) is 7.02. The number of hydrogen-bond acceptors (Lipinski definition) is 2. The molecule has 3 heteroatoms. The normalized spacial score (nSPS) is 26.0. The Morgan fingerprint density at radius 3 is 2.52 bits per heavy atom. The third-order valence-corrected chi connectivity index (χ3v) is 4.89. The molecule has 1 aromatic rings. The van der Waals surface area contributed by atoms with Gasteiger partial charge in [0.05, 0.1) is 5.69 Å². The summed E-state index contributed by atoms with van der Waals surface area (Å²) < 4.78 is 14.3. The first-order valence-corrected chi connectivity index (χ1v) is 8.17. The summed E-state index contributed by atoms with van der Waals surface area (Å²) in [6, 6.07) is 6.28. The molecule has 0 aliphatic heterocycles. The van der Waals surface area contributed by atoms with Crippen LogP contribution in [0.25, 0.3) is 0 Å². The van der Waals surface area contributed by atoms with Gasteiger partial charge < -0.3 is 10.2 Å². The van der Waals surface area contributed by atoms with Gasteiger partial charge in [-0.1, -0.05) is 13.8 Å². The molecule has 21 heavy (non-hydrogen) atoms. The van der Waals surface area contributed by atoms with Crippen molar-refractivity contribution in [2.45, 2.75) is 59.0 Å². The van der Waals surface area contributed by atoms with Crippen LogP contribution in [0.4, 0.5) is 15.8 Å². The van der Waals surface area contributed by atoms with Crippen molar-refractivity contribution in [2.24, 2.45) is 11.8 Å². The highest BCUT2D eigenvalue weighted by molar-refractivity contribution is 5.56. The molecule has 0 heterocycles. The van der Waals surface area contributed by atoms with Crippen LogP contribution in [-0.4, -0.2) is 19.1 Å². The molecule has 0 spiro atoms. The van der Waals surface area contributed by atoms with Gasteiger partial charge in [-0.05, 0) is 63.1 Å². The smallest absolute Gasteiger partial charge is 0.148 e. The zero-order valence-corrected chi connectivity index (χ0v) is 14.0. The van der Waals surface area contributed by atoms with Crippen molar-refractivity contribution in [1.82, 2.24) is 0 Å². The molecular weight excluding hydrogens is 263 g/mol. The van der Waals surface area contributed by atoms with Gasteiger partial charge in [-0.25, -0.2) is 4.39 Å². The second kappa shape index (κ2) is 6.67. The maximum absolute atomic E-state index is 14.3. The summed E-state index contributed by atoms with van der Waals surface area (Å²) in [7, 11) is 1.93. The molecule has 2 nitrogen and oxygen atoms in total. The molecule has 118 valence electrons. The van der Waals surface area contributed by atoms with E-state index < -0.39 is 0 Å². The van der Waals surface area contributed by atoms with Crippen molar-refractivity contribution in [3.63, 3.8) is 0 Å². The van der Waals surface area contributed by atoms with Crippen LogP contribution in [0.3, 0.4) is 0 Å². The summed E-state index contributed by atoms with van der Waals surface area (Å²) in [6.07, 6.45) is 3.70. The van der Waals surface area contributed by atoms with E-state index in [-0.39, 0.29) is 11.9 Å². The fourth-order valence-electron chi connectivity index (χ4n) is 3.25. The van der Waals surface area contributed by atoms with E-state index in [1.807, 2.05) is 24.1 Å². The van der Waals surface area contributed by atoms with Crippen LogP contribution in [0.5, 0.6) is 0 Å². The summed E-state index contributed by atoms with van der Waals surface area (Å²) in [6.45, 7) is 8.75. The molecule has 3 atom stereocenters. The van der Waals surface area contributed by atoms with Gasteiger partial charge in [-0.3, -0.25) is 0 Å². The van der Waals surface area contributed by atoms with Crippen LogP contribution in [-0.2, 0) is 0 Å². The van der Waals surface area contributed by atoms with Crippen LogP contribution >= 0.6 is 0 Å². The highest BCUT2D eigenvalue weighted by Crippen LogP contribution is 2.31. The number of nitrogens with one attached hydrogen (secondary N) is 1. The quantitative estimate of drug-likeness (QED) is 0.848. The molecule has 2 rings (SSSR count). The lowest BCUT2D eigenvalue weighted by molar-refractivity contribution is 0.276. The molecule has 1 fully saturated rings. The minimum Gasteiger partial charge on any atom is -0.382 e. The Bertz CT molecular complexity index is 472. The van der Waals surface area contributed by atoms with Gasteiger partial charge in [0.2, 0.25) is 0 Å². The average Bonchev–Trinajstić information content (AvgIpc) is 2.41. The molecule has 1 aliphatic carbocycles. The molecule has 1 N–H and O–H groups in total. The van der Waals surface area contributed by atoms with E-state index in [0.717, 1.165) is 11.6 Å². The second-order valence-electron chi connectivity index (χ2n) is 7.02. The molecule has 3 unspecified atom stereocenters. The Hall–Kier alpha value is -1.25. The third-order valence-electron chi connectivity index (χ3n) is 4.89. The molecule has 1 aromatic carbocycles. The van der Waals surface area contributed by atoms with Crippen molar-refractivity contribution in [1.29, 1.82) is 0 Å². The Morgan fingerprint density at radius 2 is 1.95 bits per heavy atom. The Kier molecular flexibility index (Phi) is 5.13. The lowest BCUT2D eigenvalue weighted by Crippen LogP contribution is -2.33. The van der Waals surface area contributed by atoms with E-state index >= 15 is 0 Å². The van der Waals surface area contributed by atoms with E-state index in [4.69, 9.17) is 0 Å². The SMILES string of the molecule is CC1CCC(Nc2ccc(N(C)C(C)C)c(F)c2)C(C)C1. The van der Waals surface area contributed by atoms with E-state index in [9.17, 15) is 4.39 Å². The summed E-state index contributed by atoms with van der Waals surface area (Å²) >= 11 is 0. The van der Waals surface area contributed by atoms with Crippen LogP contribution in [0.1, 0.15) is 47.0 Å². The number of hydrogen-bond donors (Lipinski definition) is 1. The van der Waals surface area contributed by atoms with Crippen molar-refractivity contribution in [3.05, 3.63) is 24.0 Å². The van der Waals surface area contributed by atoms with Gasteiger partial charge in [0, 0.05) is 24.8 Å². The van der Waals surface area contributed by atoms with Gasteiger partial charge in [-0.15, -0.1) is 0 Å². The zero-order chi connectivity index (χ0) is 15.6. The zero-order valence-electron chi connectivity index (χ0n) is 14.0. The summed E-state index contributed by atoms with van der Waals surface area (Å²) in [4.78, 5) is 1.96. The minimum atomic E-state index is -0.145. The molecule has 1 aliphatic rings. The maximum Gasteiger partial charge on any atom is 0.148 e. The van der Waals surface area contributed by atoms with Crippen LogP contribution in [0, 0.1) is 17.7 Å². The van der Waals surface area contributed by atoms with E-state index in [1.54, 1.807) is 6.07 Å². The molecular formula is C18H29FN2. The van der Waals surface area contributed by atoms with Gasteiger partial charge in [0.25, 0.3) is 0 Å². The summed E-state index contributed by atoms with van der Waals surface area (Å²) in [5, 5.41) is 3.53. The van der Waals surface area contributed by atoms with Crippen molar-refractivity contribution in [3.8, 4) is 0 Å². The number of benzene rings is 1. The van der Waals surface area contributed by atoms with Gasteiger partial charge >= 0.3 is 0 Å². The number of halogens is 1. The average molecular weight is 292 g/mol. The Labute approximate surface area is 128 Å². The predicted octanol–water partition coefficient (Wildman–Crippen LogP) is 4.91. The monoisotopic (exact) mass is 292 g/mol. The predicted molar refractivity (Wildman–Crippen MR) is 89.5 cm³/mol. The minimum absolute atomic E-state index is 0.145. The lowest BCUT2D eigenvalue weighted by atomic mass is 9.80. The van der Waals surface area contributed by atoms with E-state index in [0.29, 0.717) is 17.6 Å². The first kappa shape index (κ1) is 16.1. The number of nitrogens with zero attached hydrogens (tertiary/aromatic N) is 1. The number of rotatable bonds is 4. The highest BCUT2D eigenvalue weighted by Gasteiger charge is 2.25. The van der Waals surface area contributed by atoms with Gasteiger partial charge in [-0.2, -0.15) is 0 Å².